The fourth-order valence-corrected chi connectivity index (χ4v) is 1.55. The van der Waals surface area contributed by atoms with E-state index in [1.807, 2.05) is 4.90 Å². The fraction of sp³-hybridized carbons (Fsp3) is 0.700. The van der Waals surface area contributed by atoms with E-state index >= 15 is 0 Å². The second-order valence-electron chi connectivity index (χ2n) is 4.17. The molecule has 0 bridgehead atoms. The molecule has 1 heterocycles. The third-order valence-electron chi connectivity index (χ3n) is 2.52. The highest BCUT2D eigenvalue weighted by molar-refractivity contribution is 5.85. The average Bonchev–Trinajstić information content (AvgIpc) is 2.41. The van der Waals surface area contributed by atoms with Gasteiger partial charge in [-0.3, -0.25) is 4.90 Å². The number of carbonyl (C=O) groups is 1. The van der Waals surface area contributed by atoms with Crippen LogP contribution in [0, 0.1) is 0 Å². The highest BCUT2D eigenvalue weighted by Crippen LogP contribution is 2.19. The van der Waals surface area contributed by atoms with Crippen LogP contribution in [-0.4, -0.2) is 46.3 Å². The first-order valence-electron chi connectivity index (χ1n) is 4.75. The molecule has 1 saturated heterocycles. The van der Waals surface area contributed by atoms with Crippen molar-refractivity contribution < 1.29 is 15.0 Å². The Labute approximate surface area is 83.8 Å². The first kappa shape index (κ1) is 11.2. The summed E-state index contributed by atoms with van der Waals surface area (Å²) >= 11 is 0. The molecule has 0 amide bonds. The number of aliphatic carboxylic acids is 1. The van der Waals surface area contributed by atoms with Gasteiger partial charge in [0.25, 0.3) is 0 Å². The summed E-state index contributed by atoms with van der Waals surface area (Å²) in [6.07, 6.45) is 2.44. The molecular formula is C10H17NO3. The monoisotopic (exact) mass is 199 g/mol. The van der Waals surface area contributed by atoms with Crippen LogP contribution < -0.4 is 0 Å². The molecule has 80 valence electrons. The Kier molecular flexibility index (Phi) is 3.29. The van der Waals surface area contributed by atoms with Crippen molar-refractivity contribution in [2.75, 3.05) is 19.6 Å². The largest absolute Gasteiger partial charge is 0.478 e. The molecule has 1 unspecified atom stereocenters. The van der Waals surface area contributed by atoms with Gasteiger partial charge >= 0.3 is 5.97 Å². The van der Waals surface area contributed by atoms with Gasteiger partial charge in [-0.25, -0.2) is 4.79 Å². The number of β-amino-alcohol motifs (C(OH)–C–C–N with tert-alkyl or cyclic N) is 1. The van der Waals surface area contributed by atoms with Crippen molar-refractivity contribution in [1.29, 1.82) is 0 Å². The summed E-state index contributed by atoms with van der Waals surface area (Å²) in [5.41, 5.74) is -0.248. The van der Waals surface area contributed by atoms with Gasteiger partial charge in [0.1, 0.15) is 0 Å². The second kappa shape index (κ2) is 4.11. The molecule has 0 spiro atoms. The molecule has 0 radical (unpaired) electrons. The molecule has 4 heteroatoms. The summed E-state index contributed by atoms with van der Waals surface area (Å²) in [5, 5.41) is 18.3. The summed E-state index contributed by atoms with van der Waals surface area (Å²) < 4.78 is 0. The van der Waals surface area contributed by atoms with E-state index in [4.69, 9.17) is 5.11 Å². The molecule has 0 aromatic rings. The van der Waals surface area contributed by atoms with E-state index in [9.17, 15) is 9.90 Å². The minimum atomic E-state index is -0.879. The van der Waals surface area contributed by atoms with E-state index in [1.54, 1.807) is 19.9 Å². The maximum atomic E-state index is 10.5. The van der Waals surface area contributed by atoms with E-state index < -0.39 is 11.6 Å². The lowest BCUT2D eigenvalue weighted by molar-refractivity contribution is -0.132. The summed E-state index contributed by atoms with van der Waals surface area (Å²) in [7, 11) is 0. The van der Waals surface area contributed by atoms with Crippen molar-refractivity contribution in [1.82, 2.24) is 4.90 Å². The van der Waals surface area contributed by atoms with Gasteiger partial charge in [0, 0.05) is 25.2 Å². The number of hydrogen-bond donors (Lipinski definition) is 2. The van der Waals surface area contributed by atoms with Crippen LogP contribution in [0.1, 0.15) is 20.3 Å². The zero-order valence-electron chi connectivity index (χ0n) is 8.66. The zero-order valence-corrected chi connectivity index (χ0v) is 8.66. The molecule has 0 aromatic heterocycles. The van der Waals surface area contributed by atoms with Crippen LogP contribution in [0.2, 0.25) is 0 Å². The number of rotatable bonds is 3. The molecule has 1 aliphatic rings. The third-order valence-corrected chi connectivity index (χ3v) is 2.52. The lowest BCUT2D eigenvalue weighted by Crippen LogP contribution is -2.29. The van der Waals surface area contributed by atoms with Gasteiger partial charge in [-0.15, -0.1) is 0 Å². The van der Waals surface area contributed by atoms with Crippen molar-refractivity contribution in [3.63, 3.8) is 0 Å². The third kappa shape index (κ3) is 3.12. The number of hydrogen-bond acceptors (Lipinski definition) is 3. The number of likely N-dealkylation sites (tertiary alicyclic amines) is 1. The Morgan fingerprint density at radius 3 is 2.71 bits per heavy atom. The summed E-state index contributed by atoms with van der Waals surface area (Å²) in [6.45, 7) is 5.44. The van der Waals surface area contributed by atoms with E-state index in [-0.39, 0.29) is 0 Å². The Morgan fingerprint density at radius 2 is 2.29 bits per heavy atom. The first-order valence-corrected chi connectivity index (χ1v) is 4.75. The smallest absolute Gasteiger partial charge is 0.330 e. The van der Waals surface area contributed by atoms with E-state index in [0.717, 1.165) is 13.0 Å². The molecule has 0 aliphatic carbocycles. The van der Waals surface area contributed by atoms with Gasteiger partial charge in [-0.1, -0.05) is 6.08 Å². The zero-order chi connectivity index (χ0) is 10.8. The lowest BCUT2D eigenvalue weighted by atomic mass is 10.1. The van der Waals surface area contributed by atoms with Crippen molar-refractivity contribution >= 4 is 5.97 Å². The molecule has 1 atom stereocenters. The maximum absolute atomic E-state index is 10.5. The maximum Gasteiger partial charge on any atom is 0.330 e. The van der Waals surface area contributed by atoms with E-state index in [1.165, 1.54) is 0 Å². The number of aliphatic hydroxyl groups is 1. The Hall–Kier alpha value is -0.870. The van der Waals surface area contributed by atoms with Crippen molar-refractivity contribution in [3.8, 4) is 0 Å². The predicted molar refractivity (Wildman–Crippen MR) is 53.1 cm³/mol. The van der Waals surface area contributed by atoms with Crippen LogP contribution >= 0.6 is 0 Å². The normalized spacial score (nSPS) is 29.5. The first-order chi connectivity index (χ1) is 6.41. The molecule has 14 heavy (non-hydrogen) atoms. The van der Waals surface area contributed by atoms with Gasteiger partial charge in [-0.05, 0) is 20.3 Å². The van der Waals surface area contributed by atoms with Crippen LogP contribution in [0.25, 0.3) is 0 Å². The Balaban J connectivity index is 2.41. The summed E-state index contributed by atoms with van der Waals surface area (Å²) in [4.78, 5) is 12.5. The highest BCUT2D eigenvalue weighted by Gasteiger charge is 2.30. The SMILES string of the molecule is C/C(=C\CN1CCC(C)(O)C1)C(=O)O. The van der Waals surface area contributed by atoms with Gasteiger partial charge in [0.15, 0.2) is 0 Å². The van der Waals surface area contributed by atoms with Gasteiger partial charge in [-0.2, -0.15) is 0 Å². The minimum Gasteiger partial charge on any atom is -0.478 e. The van der Waals surface area contributed by atoms with Gasteiger partial charge in [0.2, 0.25) is 0 Å². The second-order valence-corrected chi connectivity index (χ2v) is 4.17. The van der Waals surface area contributed by atoms with Gasteiger partial charge < -0.3 is 10.2 Å². The Morgan fingerprint density at radius 1 is 1.64 bits per heavy atom. The predicted octanol–water partition coefficient (Wildman–Crippen LogP) is 0.474. The van der Waals surface area contributed by atoms with Crippen LogP contribution in [0.15, 0.2) is 11.6 Å². The fourth-order valence-electron chi connectivity index (χ4n) is 1.55. The summed E-state index contributed by atoms with van der Waals surface area (Å²) in [5.74, 6) is -0.879. The van der Waals surface area contributed by atoms with E-state index in [2.05, 4.69) is 0 Å². The van der Waals surface area contributed by atoms with Crippen molar-refractivity contribution in [3.05, 3.63) is 11.6 Å². The standard InChI is InChI=1S/C10H17NO3/c1-8(9(12)13)3-5-11-6-4-10(2,14)7-11/h3,14H,4-7H2,1-2H3,(H,12,13)/b8-3+. The Bertz CT molecular complexity index is 258. The molecule has 2 N–H and O–H groups in total. The lowest BCUT2D eigenvalue weighted by Gasteiger charge is -2.17. The number of nitrogens with zero attached hydrogens (tertiary/aromatic N) is 1. The summed E-state index contributed by atoms with van der Waals surface area (Å²) in [6, 6.07) is 0. The van der Waals surface area contributed by atoms with E-state index in [0.29, 0.717) is 18.7 Å². The quantitative estimate of drug-likeness (QED) is 0.649. The van der Waals surface area contributed by atoms with Crippen LogP contribution in [0.3, 0.4) is 0 Å². The van der Waals surface area contributed by atoms with Crippen LogP contribution in [0.5, 0.6) is 0 Å². The van der Waals surface area contributed by atoms with Crippen molar-refractivity contribution in [2.45, 2.75) is 25.9 Å². The topological polar surface area (TPSA) is 60.8 Å². The molecular weight excluding hydrogens is 182 g/mol. The number of carboxylic acids is 1. The van der Waals surface area contributed by atoms with Crippen LogP contribution in [-0.2, 0) is 4.79 Å². The van der Waals surface area contributed by atoms with Crippen molar-refractivity contribution in [2.24, 2.45) is 0 Å². The average molecular weight is 199 g/mol. The molecule has 1 fully saturated rings. The molecule has 0 aromatic carbocycles. The molecule has 0 saturated carbocycles. The molecule has 4 nitrogen and oxygen atoms in total. The van der Waals surface area contributed by atoms with Gasteiger partial charge in [0.05, 0.1) is 5.60 Å². The molecule has 1 aliphatic heterocycles. The number of carboxylic acid groups (broad SMARTS) is 1. The van der Waals surface area contributed by atoms with Crippen LogP contribution in [0.4, 0.5) is 0 Å². The minimum absolute atomic E-state index is 0.358. The molecule has 1 rings (SSSR count). The highest BCUT2D eigenvalue weighted by atomic mass is 16.4.